The van der Waals surface area contributed by atoms with Crippen LogP contribution in [-0.2, 0) is 11.2 Å². The van der Waals surface area contributed by atoms with Gasteiger partial charge in [-0.25, -0.2) is 0 Å². The Morgan fingerprint density at radius 2 is 1.73 bits per heavy atom. The van der Waals surface area contributed by atoms with Gasteiger partial charge in [0, 0.05) is 13.1 Å². The number of hydrogen-bond donors (Lipinski definition) is 4. The molecule has 9 heteroatoms. The SMILES string of the molecule is CN(CCc1ccccc1)CC[C@](N)(CCCCB(O)O)C(=O)O.Cl.Cl. The fourth-order valence-corrected chi connectivity index (χ4v) is 2.57. The molecule has 0 bridgehead atoms. The second kappa shape index (κ2) is 14.3. The lowest BCUT2D eigenvalue weighted by Gasteiger charge is -2.27. The van der Waals surface area contributed by atoms with E-state index < -0.39 is 18.6 Å². The number of halogens is 2. The number of aliphatic carboxylic acids is 1. The molecule has 0 fully saturated rings. The van der Waals surface area contributed by atoms with Crippen molar-refractivity contribution in [3.63, 3.8) is 0 Å². The van der Waals surface area contributed by atoms with Crippen molar-refractivity contribution >= 4 is 37.9 Å². The predicted molar refractivity (Wildman–Crippen MR) is 110 cm³/mol. The molecule has 1 rings (SSSR count). The van der Waals surface area contributed by atoms with Crippen LogP contribution in [0.1, 0.15) is 31.2 Å². The summed E-state index contributed by atoms with van der Waals surface area (Å²) in [6.07, 6.45) is 2.97. The second-order valence-corrected chi connectivity index (χ2v) is 6.48. The van der Waals surface area contributed by atoms with Crippen LogP contribution in [0.25, 0.3) is 0 Å². The van der Waals surface area contributed by atoms with Gasteiger partial charge < -0.3 is 25.8 Å². The van der Waals surface area contributed by atoms with Gasteiger partial charge >= 0.3 is 13.1 Å². The van der Waals surface area contributed by atoms with E-state index in [1.54, 1.807) is 0 Å². The molecule has 0 heterocycles. The van der Waals surface area contributed by atoms with Crippen molar-refractivity contribution in [2.75, 3.05) is 20.1 Å². The summed E-state index contributed by atoms with van der Waals surface area (Å²) in [5.74, 6) is -0.997. The van der Waals surface area contributed by atoms with E-state index in [1.165, 1.54) is 5.56 Å². The number of nitrogens with two attached hydrogens (primary N) is 1. The quantitative estimate of drug-likeness (QED) is 0.310. The summed E-state index contributed by atoms with van der Waals surface area (Å²) in [4.78, 5) is 13.6. The normalized spacial score (nSPS) is 12.7. The number of carboxylic acids is 1. The fourth-order valence-electron chi connectivity index (χ4n) is 2.57. The van der Waals surface area contributed by atoms with E-state index in [4.69, 9.17) is 15.8 Å². The Hall–Kier alpha value is -0.825. The third-order valence-electron chi connectivity index (χ3n) is 4.33. The standard InChI is InChI=1S/C17H29BN2O4.2ClH/c1-20(13-9-15-7-3-2-4-8-15)14-11-17(19,16(21)22)10-5-6-12-18(23)24;;/h2-4,7-8,23-24H,5-6,9-14,19H2,1H3,(H,21,22);2*1H/t17-;;/m1../s1. The molecule has 5 N–H and O–H groups in total. The van der Waals surface area contributed by atoms with Crippen LogP contribution in [0.2, 0.25) is 6.32 Å². The second-order valence-electron chi connectivity index (χ2n) is 6.48. The van der Waals surface area contributed by atoms with E-state index in [-0.39, 0.29) is 31.1 Å². The molecule has 0 aliphatic carbocycles. The molecule has 6 nitrogen and oxygen atoms in total. The summed E-state index contributed by atoms with van der Waals surface area (Å²) in [7, 11) is 0.624. The molecule has 1 aromatic rings. The van der Waals surface area contributed by atoms with E-state index in [0.717, 1.165) is 13.0 Å². The highest BCUT2D eigenvalue weighted by atomic mass is 35.5. The summed E-state index contributed by atoms with van der Waals surface area (Å²) in [6, 6.07) is 10.2. The maximum Gasteiger partial charge on any atom is 0.451 e. The Morgan fingerprint density at radius 1 is 1.12 bits per heavy atom. The van der Waals surface area contributed by atoms with Crippen molar-refractivity contribution < 1.29 is 19.9 Å². The lowest BCUT2D eigenvalue weighted by Crippen LogP contribution is -2.50. The Morgan fingerprint density at radius 3 is 2.27 bits per heavy atom. The zero-order valence-electron chi connectivity index (χ0n) is 15.2. The lowest BCUT2D eigenvalue weighted by atomic mass is 9.81. The number of carbonyl (C=O) groups is 1. The van der Waals surface area contributed by atoms with Gasteiger partial charge in [0.2, 0.25) is 0 Å². The third kappa shape index (κ3) is 11.0. The molecule has 0 spiro atoms. The van der Waals surface area contributed by atoms with Crippen LogP contribution in [0.15, 0.2) is 30.3 Å². The highest BCUT2D eigenvalue weighted by molar-refractivity contribution is 6.40. The number of benzene rings is 1. The molecule has 150 valence electrons. The van der Waals surface area contributed by atoms with Gasteiger partial charge in [-0.15, -0.1) is 24.8 Å². The van der Waals surface area contributed by atoms with Crippen molar-refractivity contribution in [3.8, 4) is 0 Å². The first-order chi connectivity index (χ1) is 11.3. The highest BCUT2D eigenvalue weighted by Gasteiger charge is 2.33. The number of carboxylic acid groups (broad SMARTS) is 1. The van der Waals surface area contributed by atoms with Gasteiger partial charge in [-0.2, -0.15) is 0 Å². The van der Waals surface area contributed by atoms with Crippen LogP contribution >= 0.6 is 24.8 Å². The largest absolute Gasteiger partial charge is 0.480 e. The van der Waals surface area contributed by atoms with Crippen LogP contribution in [0.3, 0.4) is 0 Å². The molecule has 0 aromatic heterocycles. The monoisotopic (exact) mass is 408 g/mol. The van der Waals surface area contributed by atoms with Crippen molar-refractivity contribution in [2.45, 2.75) is 44.0 Å². The van der Waals surface area contributed by atoms with E-state index in [0.29, 0.717) is 32.2 Å². The van der Waals surface area contributed by atoms with Crippen LogP contribution < -0.4 is 5.73 Å². The molecular weight excluding hydrogens is 378 g/mol. The predicted octanol–water partition coefficient (Wildman–Crippen LogP) is 1.82. The first-order valence-corrected chi connectivity index (χ1v) is 8.44. The van der Waals surface area contributed by atoms with E-state index in [2.05, 4.69) is 17.0 Å². The van der Waals surface area contributed by atoms with Crippen molar-refractivity contribution in [3.05, 3.63) is 35.9 Å². The molecule has 0 aliphatic heterocycles. The van der Waals surface area contributed by atoms with Crippen molar-refractivity contribution in [2.24, 2.45) is 5.73 Å². The molecular formula is C17H31BCl2N2O4. The Labute approximate surface area is 168 Å². The molecule has 0 aliphatic rings. The third-order valence-corrected chi connectivity index (χ3v) is 4.33. The minimum absolute atomic E-state index is 0. The summed E-state index contributed by atoms with van der Waals surface area (Å²) < 4.78 is 0. The summed E-state index contributed by atoms with van der Waals surface area (Å²) in [5, 5.41) is 27.1. The average molecular weight is 409 g/mol. The van der Waals surface area contributed by atoms with Gasteiger partial charge in [0.25, 0.3) is 0 Å². The zero-order chi connectivity index (χ0) is 18.0. The Kier molecular flexibility index (Phi) is 15.0. The Bertz CT molecular complexity index is 497. The molecule has 0 saturated carbocycles. The molecule has 1 aromatic carbocycles. The number of likely N-dealkylation sites (N-methyl/N-ethyl adjacent to an activating group) is 1. The molecule has 1 atom stereocenters. The molecule has 26 heavy (non-hydrogen) atoms. The average Bonchev–Trinajstić information content (AvgIpc) is 2.55. The Balaban J connectivity index is 0. The highest BCUT2D eigenvalue weighted by Crippen LogP contribution is 2.18. The van der Waals surface area contributed by atoms with Gasteiger partial charge in [-0.05, 0) is 38.2 Å². The molecule has 0 saturated heterocycles. The van der Waals surface area contributed by atoms with Gasteiger partial charge in [0.1, 0.15) is 5.54 Å². The smallest absolute Gasteiger partial charge is 0.451 e. The first kappa shape index (κ1) is 27.4. The van der Waals surface area contributed by atoms with Crippen LogP contribution in [0.4, 0.5) is 0 Å². The van der Waals surface area contributed by atoms with Crippen molar-refractivity contribution in [1.29, 1.82) is 0 Å². The van der Waals surface area contributed by atoms with Gasteiger partial charge in [0.15, 0.2) is 0 Å². The lowest BCUT2D eigenvalue weighted by molar-refractivity contribution is -0.144. The minimum atomic E-state index is -1.34. The van der Waals surface area contributed by atoms with E-state index >= 15 is 0 Å². The summed E-state index contributed by atoms with van der Waals surface area (Å²) >= 11 is 0. The van der Waals surface area contributed by atoms with Gasteiger partial charge in [-0.3, -0.25) is 4.79 Å². The number of hydrogen-bond acceptors (Lipinski definition) is 5. The van der Waals surface area contributed by atoms with Crippen molar-refractivity contribution in [1.82, 2.24) is 4.90 Å². The molecule has 0 radical (unpaired) electrons. The van der Waals surface area contributed by atoms with E-state index in [9.17, 15) is 9.90 Å². The summed E-state index contributed by atoms with van der Waals surface area (Å²) in [5.41, 5.74) is 6.05. The first-order valence-electron chi connectivity index (χ1n) is 8.44. The zero-order valence-corrected chi connectivity index (χ0v) is 16.8. The maximum atomic E-state index is 11.5. The fraction of sp³-hybridized carbons (Fsp3) is 0.588. The van der Waals surface area contributed by atoms with E-state index in [1.807, 2.05) is 25.2 Å². The van der Waals surface area contributed by atoms with Crippen LogP contribution in [-0.4, -0.2) is 58.8 Å². The molecule has 0 amide bonds. The topological polar surface area (TPSA) is 107 Å². The summed E-state index contributed by atoms with van der Waals surface area (Å²) in [6.45, 7) is 1.45. The van der Waals surface area contributed by atoms with Crippen LogP contribution in [0, 0.1) is 0 Å². The maximum absolute atomic E-state index is 11.5. The minimum Gasteiger partial charge on any atom is -0.480 e. The number of rotatable bonds is 12. The molecule has 0 unspecified atom stereocenters. The van der Waals surface area contributed by atoms with Gasteiger partial charge in [-0.1, -0.05) is 43.2 Å². The van der Waals surface area contributed by atoms with Gasteiger partial charge in [0.05, 0.1) is 0 Å². The number of unbranched alkanes of at least 4 members (excludes halogenated alkanes) is 1. The van der Waals surface area contributed by atoms with Crippen LogP contribution in [0.5, 0.6) is 0 Å². The number of nitrogens with zero attached hydrogens (tertiary/aromatic N) is 1.